The lowest BCUT2D eigenvalue weighted by Gasteiger charge is -2.30. The monoisotopic (exact) mass is 323 g/mol. The van der Waals surface area contributed by atoms with Crippen LogP contribution in [-0.2, 0) is 9.53 Å². The average molecular weight is 323 g/mol. The van der Waals surface area contributed by atoms with E-state index in [1.165, 1.54) is 4.90 Å². The van der Waals surface area contributed by atoms with Crippen LogP contribution in [0.3, 0.4) is 0 Å². The number of likely N-dealkylation sites (N-methyl/N-ethyl adjacent to an activating group) is 1. The molecule has 6 nitrogen and oxygen atoms in total. The normalized spacial score (nSPS) is 17.5. The number of quaternary nitrogens is 1. The van der Waals surface area contributed by atoms with Crippen LogP contribution >= 0.6 is 0 Å². The highest BCUT2D eigenvalue weighted by Gasteiger charge is 2.21. The Morgan fingerprint density at radius 1 is 1.22 bits per heavy atom. The molecule has 0 radical (unpaired) electrons. The lowest BCUT2D eigenvalue weighted by molar-refractivity contribution is -0.907. The molecule has 0 aliphatic carbocycles. The Hall–Kier alpha value is -1.79. The predicted molar refractivity (Wildman–Crippen MR) is 87.1 cm³/mol. The van der Waals surface area contributed by atoms with Crippen LogP contribution in [0.4, 0.5) is 0 Å². The number of hydrogen-bond donors (Lipinski definition) is 1. The molecule has 0 amide bonds. The summed E-state index contributed by atoms with van der Waals surface area (Å²) in [7, 11) is 3.74. The fourth-order valence-electron chi connectivity index (χ4n) is 2.66. The van der Waals surface area contributed by atoms with E-state index in [0.717, 1.165) is 38.5 Å². The molecule has 0 bridgehead atoms. The Balaban J connectivity index is 1.67. The van der Waals surface area contributed by atoms with Crippen LogP contribution in [-0.4, -0.2) is 70.5 Å². The van der Waals surface area contributed by atoms with E-state index in [1.807, 2.05) is 6.92 Å². The molecule has 128 valence electrons. The Morgan fingerprint density at radius 2 is 1.83 bits per heavy atom. The quantitative estimate of drug-likeness (QED) is 0.707. The number of carbonyl (C=O) groups excluding carboxylic acids is 1. The Kier molecular flexibility index (Phi) is 6.67. The van der Waals surface area contributed by atoms with Gasteiger partial charge in [0.1, 0.15) is 24.1 Å². The number of esters is 1. The van der Waals surface area contributed by atoms with Crippen molar-refractivity contribution in [3.05, 3.63) is 24.3 Å². The first-order valence-corrected chi connectivity index (χ1v) is 8.05. The molecule has 1 unspecified atom stereocenters. The molecule has 0 saturated carbocycles. The first-order chi connectivity index (χ1) is 11.1. The van der Waals surface area contributed by atoms with Crippen molar-refractivity contribution in [1.82, 2.24) is 4.90 Å². The summed E-state index contributed by atoms with van der Waals surface area (Å²) in [5.74, 6) is 1.05. The van der Waals surface area contributed by atoms with E-state index in [4.69, 9.17) is 14.2 Å². The van der Waals surface area contributed by atoms with E-state index >= 15 is 0 Å². The van der Waals surface area contributed by atoms with Gasteiger partial charge in [-0.05, 0) is 38.2 Å². The summed E-state index contributed by atoms with van der Waals surface area (Å²) in [6.45, 7) is 7.10. The van der Waals surface area contributed by atoms with Gasteiger partial charge in [-0.15, -0.1) is 0 Å². The molecule has 2 rings (SSSR count). The first kappa shape index (κ1) is 17.6. The average Bonchev–Trinajstić information content (AvgIpc) is 2.55. The maximum absolute atomic E-state index is 11.9. The first-order valence-electron chi connectivity index (χ1n) is 8.05. The van der Waals surface area contributed by atoms with Gasteiger partial charge in [0, 0.05) is 13.1 Å². The number of carbonyl (C=O) groups is 1. The van der Waals surface area contributed by atoms with E-state index in [2.05, 4.69) is 11.9 Å². The summed E-state index contributed by atoms with van der Waals surface area (Å²) in [5, 5.41) is 0. The minimum atomic E-state index is -0.332. The number of ether oxygens (including phenoxy) is 3. The second-order valence-electron chi connectivity index (χ2n) is 6.02. The Labute approximate surface area is 137 Å². The number of rotatable bonds is 7. The van der Waals surface area contributed by atoms with Gasteiger partial charge in [0.05, 0.1) is 20.2 Å². The van der Waals surface area contributed by atoms with Crippen LogP contribution in [0.5, 0.6) is 11.5 Å². The molecule has 6 heteroatoms. The van der Waals surface area contributed by atoms with Crippen LogP contribution in [0.15, 0.2) is 24.3 Å². The van der Waals surface area contributed by atoms with Crippen molar-refractivity contribution in [2.75, 3.05) is 53.5 Å². The smallest absolute Gasteiger partial charge is 0.344 e. The number of nitrogens with zero attached hydrogens (tertiary/aromatic N) is 1. The summed E-state index contributed by atoms with van der Waals surface area (Å²) < 4.78 is 15.9. The van der Waals surface area contributed by atoms with Crippen LogP contribution in [0.1, 0.15) is 6.92 Å². The maximum Gasteiger partial charge on any atom is 0.344 e. The molecular formula is C17H27N2O4+. The minimum Gasteiger partial charge on any atom is -0.497 e. The Morgan fingerprint density at radius 3 is 2.43 bits per heavy atom. The molecule has 1 aromatic rings. The second-order valence-corrected chi connectivity index (χ2v) is 6.02. The molecule has 1 atom stereocenters. The van der Waals surface area contributed by atoms with E-state index in [9.17, 15) is 4.79 Å². The van der Waals surface area contributed by atoms with E-state index in [-0.39, 0.29) is 18.7 Å². The van der Waals surface area contributed by atoms with Gasteiger partial charge in [-0.3, -0.25) is 4.90 Å². The van der Waals surface area contributed by atoms with Gasteiger partial charge in [-0.1, -0.05) is 0 Å². The lowest BCUT2D eigenvalue weighted by Crippen LogP contribution is -3.15. The zero-order valence-electron chi connectivity index (χ0n) is 14.2. The Bertz CT molecular complexity index is 484. The van der Waals surface area contributed by atoms with Crippen LogP contribution in [0.2, 0.25) is 0 Å². The van der Waals surface area contributed by atoms with Gasteiger partial charge in [0.15, 0.2) is 6.61 Å². The van der Waals surface area contributed by atoms with Crippen molar-refractivity contribution in [2.45, 2.75) is 13.0 Å². The fourth-order valence-corrected chi connectivity index (χ4v) is 2.66. The van der Waals surface area contributed by atoms with Crippen molar-refractivity contribution in [2.24, 2.45) is 0 Å². The second kappa shape index (κ2) is 8.74. The number of piperazine rings is 1. The van der Waals surface area contributed by atoms with E-state index in [1.54, 1.807) is 31.4 Å². The molecule has 1 aliphatic heterocycles. The summed E-state index contributed by atoms with van der Waals surface area (Å²) in [5.41, 5.74) is 0. The highest BCUT2D eigenvalue weighted by atomic mass is 16.6. The third-order valence-electron chi connectivity index (χ3n) is 4.02. The van der Waals surface area contributed by atoms with Crippen molar-refractivity contribution >= 4 is 5.97 Å². The van der Waals surface area contributed by atoms with Crippen LogP contribution in [0, 0.1) is 0 Å². The molecule has 23 heavy (non-hydrogen) atoms. The maximum atomic E-state index is 11.9. The van der Waals surface area contributed by atoms with Gasteiger partial charge < -0.3 is 19.1 Å². The largest absolute Gasteiger partial charge is 0.497 e. The SMILES string of the molecule is COc1ccc(OCC(=O)OC(C)C[NH+]2CCN(C)CC2)cc1. The molecule has 1 N–H and O–H groups in total. The zero-order valence-corrected chi connectivity index (χ0v) is 14.2. The predicted octanol–water partition coefficient (Wildman–Crippen LogP) is -0.164. The number of nitrogens with one attached hydrogen (secondary N) is 1. The van der Waals surface area contributed by atoms with E-state index in [0.29, 0.717) is 5.75 Å². The third-order valence-corrected chi connectivity index (χ3v) is 4.02. The van der Waals surface area contributed by atoms with Gasteiger partial charge in [0.2, 0.25) is 0 Å². The summed E-state index contributed by atoms with van der Waals surface area (Å²) >= 11 is 0. The molecule has 0 spiro atoms. The molecule has 0 aromatic heterocycles. The van der Waals surface area contributed by atoms with Crippen molar-refractivity contribution in [3.63, 3.8) is 0 Å². The van der Waals surface area contributed by atoms with Crippen LogP contribution in [0.25, 0.3) is 0 Å². The van der Waals surface area contributed by atoms with Gasteiger partial charge >= 0.3 is 5.97 Å². The molecule has 1 heterocycles. The summed E-state index contributed by atoms with van der Waals surface area (Å²) in [6, 6.07) is 7.12. The standard InChI is InChI=1S/C17H26N2O4/c1-14(12-19-10-8-18(2)9-11-19)23-17(20)13-22-16-6-4-15(21-3)5-7-16/h4-7,14H,8-13H2,1-3H3/p+1. The third kappa shape index (κ3) is 6.08. The molecular weight excluding hydrogens is 296 g/mol. The molecule has 1 fully saturated rings. The highest BCUT2D eigenvalue weighted by molar-refractivity contribution is 5.71. The van der Waals surface area contributed by atoms with Crippen molar-refractivity contribution in [1.29, 1.82) is 0 Å². The number of hydrogen-bond acceptors (Lipinski definition) is 5. The summed E-state index contributed by atoms with van der Waals surface area (Å²) in [6.07, 6.45) is -0.0969. The van der Waals surface area contributed by atoms with Gasteiger partial charge in [0.25, 0.3) is 0 Å². The molecule has 1 aliphatic rings. The molecule has 1 saturated heterocycles. The van der Waals surface area contributed by atoms with Crippen molar-refractivity contribution < 1.29 is 23.9 Å². The zero-order chi connectivity index (χ0) is 16.7. The van der Waals surface area contributed by atoms with Crippen LogP contribution < -0.4 is 14.4 Å². The van der Waals surface area contributed by atoms with E-state index < -0.39 is 0 Å². The minimum absolute atomic E-state index is 0.0747. The topological polar surface area (TPSA) is 52.4 Å². The highest BCUT2D eigenvalue weighted by Crippen LogP contribution is 2.16. The fraction of sp³-hybridized carbons (Fsp3) is 0.588. The van der Waals surface area contributed by atoms with Crippen molar-refractivity contribution in [3.8, 4) is 11.5 Å². The van der Waals surface area contributed by atoms with Gasteiger partial charge in [-0.25, -0.2) is 4.79 Å². The molecule has 1 aromatic carbocycles. The lowest BCUT2D eigenvalue weighted by atomic mass is 10.3. The number of methoxy groups -OCH3 is 1. The number of benzene rings is 1. The van der Waals surface area contributed by atoms with Gasteiger partial charge in [-0.2, -0.15) is 0 Å². The summed E-state index contributed by atoms with van der Waals surface area (Å²) in [4.78, 5) is 15.7.